The number of thioether (sulfide) groups is 1. The quantitative estimate of drug-likeness (QED) is 0.268. The molecule has 0 aliphatic rings. The summed E-state index contributed by atoms with van der Waals surface area (Å²) in [7, 11) is 0. The van der Waals surface area contributed by atoms with Gasteiger partial charge in [0.25, 0.3) is 0 Å². The topological polar surface area (TPSA) is 26.0 Å². The summed E-state index contributed by atoms with van der Waals surface area (Å²) in [5, 5.41) is 5.29. The summed E-state index contributed by atoms with van der Waals surface area (Å²) in [6.07, 6.45) is 1.85. The standard InChI is InChI=1S/C26H23NOS2/c1-6-29-22-9-7-16(14-19(22)26(3,4)5)24-23-17-8-10-21-18(13-15(2)30-21)25(17)28-20(23)11-12-27-24/h6-14H,1H2,2-5H3. The zero-order valence-electron chi connectivity index (χ0n) is 17.6. The summed E-state index contributed by atoms with van der Waals surface area (Å²) < 4.78 is 7.61. The van der Waals surface area contributed by atoms with Crippen molar-refractivity contribution in [2.45, 2.75) is 38.0 Å². The van der Waals surface area contributed by atoms with Crippen LogP contribution in [0.15, 0.2) is 70.0 Å². The largest absolute Gasteiger partial charge is 0.455 e. The highest BCUT2D eigenvalue weighted by Crippen LogP contribution is 2.42. The summed E-state index contributed by atoms with van der Waals surface area (Å²) in [6, 6.07) is 15.2. The number of thiophene rings is 1. The van der Waals surface area contributed by atoms with Gasteiger partial charge in [-0.3, -0.25) is 4.98 Å². The normalized spacial score (nSPS) is 12.3. The number of pyridine rings is 1. The molecular formula is C26H23NOS2. The van der Waals surface area contributed by atoms with Crippen molar-refractivity contribution in [2.24, 2.45) is 0 Å². The molecule has 0 atom stereocenters. The fraction of sp³-hybridized carbons (Fsp3) is 0.192. The maximum Gasteiger partial charge on any atom is 0.144 e. The van der Waals surface area contributed by atoms with Crippen molar-refractivity contribution in [3.63, 3.8) is 0 Å². The third kappa shape index (κ3) is 3.06. The van der Waals surface area contributed by atoms with Gasteiger partial charge in [-0.15, -0.1) is 11.3 Å². The molecule has 5 rings (SSSR count). The second-order valence-corrected chi connectivity index (χ2v) is 10.9. The predicted octanol–water partition coefficient (Wildman–Crippen LogP) is 8.70. The number of hydrogen-bond acceptors (Lipinski definition) is 4. The van der Waals surface area contributed by atoms with Crippen molar-refractivity contribution in [1.82, 2.24) is 4.98 Å². The lowest BCUT2D eigenvalue weighted by atomic mass is 9.85. The van der Waals surface area contributed by atoms with E-state index in [0.29, 0.717) is 0 Å². The number of aryl methyl sites for hydroxylation is 1. The van der Waals surface area contributed by atoms with Gasteiger partial charge >= 0.3 is 0 Å². The summed E-state index contributed by atoms with van der Waals surface area (Å²) in [5.41, 5.74) is 5.24. The van der Waals surface area contributed by atoms with Crippen LogP contribution in [0, 0.1) is 6.92 Å². The van der Waals surface area contributed by atoms with E-state index in [1.807, 2.05) is 17.7 Å². The Labute approximate surface area is 184 Å². The van der Waals surface area contributed by atoms with E-state index >= 15 is 0 Å². The number of aromatic nitrogens is 1. The van der Waals surface area contributed by atoms with Gasteiger partial charge in [-0.2, -0.15) is 0 Å². The van der Waals surface area contributed by atoms with Gasteiger partial charge in [-0.1, -0.05) is 45.2 Å². The molecule has 3 heterocycles. The molecule has 2 aromatic carbocycles. The highest BCUT2D eigenvalue weighted by Gasteiger charge is 2.21. The molecule has 3 aromatic heterocycles. The Hall–Kier alpha value is -2.56. The number of nitrogens with zero attached hydrogens (tertiary/aromatic N) is 1. The van der Waals surface area contributed by atoms with Crippen LogP contribution in [0.1, 0.15) is 31.2 Å². The Bertz CT molecular complexity index is 1430. The van der Waals surface area contributed by atoms with Gasteiger partial charge < -0.3 is 4.42 Å². The van der Waals surface area contributed by atoms with Gasteiger partial charge in [0.05, 0.1) is 11.1 Å². The van der Waals surface area contributed by atoms with E-state index in [9.17, 15) is 0 Å². The highest BCUT2D eigenvalue weighted by atomic mass is 32.2. The maximum atomic E-state index is 6.35. The van der Waals surface area contributed by atoms with Crippen molar-refractivity contribution < 1.29 is 4.42 Å². The molecule has 0 saturated heterocycles. The Balaban J connectivity index is 1.81. The molecular weight excluding hydrogens is 406 g/mol. The third-order valence-corrected chi connectivity index (χ3v) is 7.23. The van der Waals surface area contributed by atoms with E-state index < -0.39 is 0 Å². The average molecular weight is 430 g/mol. The maximum absolute atomic E-state index is 6.35. The first-order chi connectivity index (χ1) is 14.4. The van der Waals surface area contributed by atoms with Gasteiger partial charge in [-0.25, -0.2) is 0 Å². The molecule has 30 heavy (non-hydrogen) atoms. The summed E-state index contributed by atoms with van der Waals surface area (Å²) in [4.78, 5) is 7.33. The van der Waals surface area contributed by atoms with Crippen LogP contribution in [0.25, 0.3) is 43.3 Å². The highest BCUT2D eigenvalue weighted by molar-refractivity contribution is 8.02. The number of furan rings is 1. The van der Waals surface area contributed by atoms with Crippen LogP contribution >= 0.6 is 23.1 Å². The van der Waals surface area contributed by atoms with Crippen molar-refractivity contribution in [1.29, 1.82) is 0 Å². The summed E-state index contributed by atoms with van der Waals surface area (Å²) in [6.45, 7) is 12.8. The SMILES string of the molecule is C=CSc1ccc(-c2nccc3oc4c5cc(C)sc5ccc4c23)cc1C(C)(C)C. The second kappa shape index (κ2) is 7.00. The zero-order chi connectivity index (χ0) is 21.0. The van der Waals surface area contributed by atoms with Crippen LogP contribution < -0.4 is 0 Å². The van der Waals surface area contributed by atoms with E-state index in [1.165, 1.54) is 25.4 Å². The van der Waals surface area contributed by atoms with Crippen LogP contribution in [0.4, 0.5) is 0 Å². The van der Waals surface area contributed by atoms with E-state index in [-0.39, 0.29) is 5.41 Å². The van der Waals surface area contributed by atoms with E-state index in [4.69, 9.17) is 9.40 Å². The molecule has 150 valence electrons. The lowest BCUT2D eigenvalue weighted by Crippen LogP contribution is -2.12. The monoisotopic (exact) mass is 429 g/mol. The van der Waals surface area contributed by atoms with Gasteiger partial charge in [0, 0.05) is 37.0 Å². The Morgan fingerprint density at radius 1 is 1.07 bits per heavy atom. The summed E-state index contributed by atoms with van der Waals surface area (Å²) >= 11 is 3.47. The minimum Gasteiger partial charge on any atom is -0.455 e. The lowest BCUT2D eigenvalue weighted by Gasteiger charge is -2.23. The molecule has 0 aliphatic carbocycles. The van der Waals surface area contributed by atoms with Crippen molar-refractivity contribution in [3.8, 4) is 11.3 Å². The van der Waals surface area contributed by atoms with Gasteiger partial charge in [0.15, 0.2) is 0 Å². The molecule has 0 amide bonds. The molecule has 0 bridgehead atoms. The minimum atomic E-state index is 0.0219. The van der Waals surface area contributed by atoms with Gasteiger partial charge in [0.2, 0.25) is 0 Å². The van der Waals surface area contributed by atoms with Gasteiger partial charge in [-0.05, 0) is 59.7 Å². The Morgan fingerprint density at radius 2 is 1.90 bits per heavy atom. The van der Waals surface area contributed by atoms with Crippen LogP contribution in [-0.4, -0.2) is 4.98 Å². The molecule has 4 heteroatoms. The Kier molecular flexibility index (Phi) is 4.53. The fourth-order valence-corrected chi connectivity index (χ4v) is 5.83. The third-order valence-electron chi connectivity index (χ3n) is 5.44. The van der Waals surface area contributed by atoms with Crippen LogP contribution in [0.5, 0.6) is 0 Å². The number of fused-ring (bicyclic) bond motifs is 5. The number of benzene rings is 2. The lowest BCUT2D eigenvalue weighted by molar-refractivity contribution is 0.578. The average Bonchev–Trinajstić information content (AvgIpc) is 3.27. The number of rotatable bonds is 3. The fourth-order valence-electron chi connectivity index (χ4n) is 4.09. The van der Waals surface area contributed by atoms with Crippen molar-refractivity contribution >= 4 is 55.1 Å². The molecule has 0 unspecified atom stereocenters. The molecule has 0 fully saturated rings. The van der Waals surface area contributed by atoms with Crippen LogP contribution in [0.3, 0.4) is 0 Å². The smallest absolute Gasteiger partial charge is 0.144 e. The van der Waals surface area contributed by atoms with Crippen molar-refractivity contribution in [3.05, 3.63) is 71.1 Å². The minimum absolute atomic E-state index is 0.0219. The van der Waals surface area contributed by atoms with Gasteiger partial charge in [0.1, 0.15) is 11.2 Å². The van der Waals surface area contributed by atoms with Crippen LogP contribution in [-0.2, 0) is 5.41 Å². The van der Waals surface area contributed by atoms with Crippen LogP contribution in [0.2, 0.25) is 0 Å². The predicted molar refractivity (Wildman–Crippen MR) is 132 cm³/mol. The molecule has 0 radical (unpaired) electrons. The van der Waals surface area contributed by atoms with Crippen molar-refractivity contribution in [2.75, 3.05) is 0 Å². The first-order valence-corrected chi connectivity index (χ1v) is 11.7. The second-order valence-electron chi connectivity index (χ2n) is 8.59. The molecule has 2 nitrogen and oxygen atoms in total. The Morgan fingerprint density at radius 3 is 2.67 bits per heavy atom. The molecule has 0 spiro atoms. The molecule has 0 aliphatic heterocycles. The van der Waals surface area contributed by atoms with E-state index in [1.54, 1.807) is 23.1 Å². The molecule has 0 N–H and O–H groups in total. The number of hydrogen-bond donors (Lipinski definition) is 0. The van der Waals surface area contributed by atoms with E-state index in [2.05, 4.69) is 70.7 Å². The summed E-state index contributed by atoms with van der Waals surface area (Å²) in [5.74, 6) is 0. The zero-order valence-corrected chi connectivity index (χ0v) is 19.2. The molecule has 0 saturated carbocycles. The first kappa shape index (κ1) is 19.4. The van der Waals surface area contributed by atoms with E-state index in [0.717, 1.165) is 33.2 Å². The molecule has 5 aromatic rings. The first-order valence-electron chi connectivity index (χ1n) is 9.99.